The predicted molar refractivity (Wildman–Crippen MR) is 76.9 cm³/mol. The molecule has 2 rings (SSSR count). The maximum Gasteiger partial charge on any atom is 0.573 e. The number of amides is 1. The number of ether oxygens (including phenoxy) is 1. The van der Waals surface area contributed by atoms with E-state index in [4.69, 9.17) is 11.6 Å². The van der Waals surface area contributed by atoms with Crippen LogP contribution in [0.1, 0.15) is 5.56 Å². The van der Waals surface area contributed by atoms with E-state index < -0.39 is 6.36 Å². The number of benzene rings is 2. The van der Waals surface area contributed by atoms with Gasteiger partial charge in [-0.25, -0.2) is 0 Å². The first-order chi connectivity index (χ1) is 10.3. The molecule has 0 aliphatic rings. The molecule has 0 aromatic heterocycles. The first kappa shape index (κ1) is 16.2. The van der Waals surface area contributed by atoms with Gasteiger partial charge in [-0.15, -0.1) is 13.2 Å². The molecule has 0 atom stereocenters. The van der Waals surface area contributed by atoms with Crippen LogP contribution in [0.2, 0.25) is 5.02 Å². The molecule has 0 unspecified atom stereocenters. The van der Waals surface area contributed by atoms with E-state index in [9.17, 15) is 18.0 Å². The predicted octanol–water partition coefficient (Wildman–Crippen LogP) is 4.42. The van der Waals surface area contributed by atoms with Gasteiger partial charge in [-0.05, 0) is 42.0 Å². The number of rotatable bonds is 4. The van der Waals surface area contributed by atoms with Gasteiger partial charge in [-0.1, -0.05) is 23.7 Å². The molecule has 1 amide bonds. The fraction of sp³-hybridized carbons (Fsp3) is 0.133. The van der Waals surface area contributed by atoms with Crippen LogP contribution in [0.25, 0.3) is 0 Å². The highest BCUT2D eigenvalue weighted by atomic mass is 35.5. The third-order valence-electron chi connectivity index (χ3n) is 2.63. The second kappa shape index (κ2) is 6.70. The Morgan fingerprint density at radius 1 is 1.14 bits per heavy atom. The van der Waals surface area contributed by atoms with Gasteiger partial charge >= 0.3 is 6.36 Å². The molecule has 0 aliphatic carbocycles. The topological polar surface area (TPSA) is 38.3 Å². The summed E-state index contributed by atoms with van der Waals surface area (Å²) >= 11 is 5.82. The van der Waals surface area contributed by atoms with Crippen molar-refractivity contribution in [1.29, 1.82) is 0 Å². The molecule has 0 heterocycles. The number of halogens is 4. The van der Waals surface area contributed by atoms with E-state index in [-0.39, 0.29) is 18.1 Å². The first-order valence-electron chi connectivity index (χ1n) is 6.22. The van der Waals surface area contributed by atoms with Gasteiger partial charge in [-0.3, -0.25) is 4.79 Å². The summed E-state index contributed by atoms with van der Waals surface area (Å²) in [5, 5.41) is 3.11. The van der Waals surface area contributed by atoms with Crippen molar-refractivity contribution in [2.45, 2.75) is 12.8 Å². The number of anilines is 1. The quantitative estimate of drug-likeness (QED) is 0.901. The summed E-state index contributed by atoms with van der Waals surface area (Å²) in [6.45, 7) is 0. The van der Waals surface area contributed by atoms with Gasteiger partial charge in [0, 0.05) is 10.7 Å². The zero-order valence-electron chi connectivity index (χ0n) is 11.2. The van der Waals surface area contributed by atoms with E-state index in [0.717, 1.165) is 17.7 Å². The molecule has 3 nitrogen and oxygen atoms in total. The van der Waals surface area contributed by atoms with Crippen LogP contribution in [-0.2, 0) is 11.2 Å². The fourth-order valence-corrected chi connectivity index (χ4v) is 1.99. The molecule has 7 heteroatoms. The van der Waals surface area contributed by atoms with Crippen molar-refractivity contribution in [3.63, 3.8) is 0 Å². The van der Waals surface area contributed by atoms with E-state index in [1.54, 1.807) is 24.3 Å². The maximum atomic E-state index is 12.0. The summed E-state index contributed by atoms with van der Waals surface area (Å²) in [6.07, 6.45) is -4.63. The molecular formula is C15H11ClF3NO2. The number of nitrogens with one attached hydrogen (secondary N) is 1. The molecule has 0 spiro atoms. The second-order valence-corrected chi connectivity index (χ2v) is 4.86. The van der Waals surface area contributed by atoms with Crippen molar-refractivity contribution in [1.82, 2.24) is 0 Å². The van der Waals surface area contributed by atoms with E-state index in [0.29, 0.717) is 10.7 Å². The van der Waals surface area contributed by atoms with Crippen molar-refractivity contribution in [2.24, 2.45) is 0 Å². The minimum Gasteiger partial charge on any atom is -0.406 e. The Labute approximate surface area is 129 Å². The third kappa shape index (κ3) is 5.29. The molecule has 0 saturated carbocycles. The van der Waals surface area contributed by atoms with E-state index in [2.05, 4.69) is 10.1 Å². The Hall–Kier alpha value is -2.21. The number of carbonyl (C=O) groups is 1. The second-order valence-electron chi connectivity index (χ2n) is 4.43. The Bertz CT molecular complexity index is 657. The van der Waals surface area contributed by atoms with Crippen LogP contribution in [0, 0.1) is 0 Å². The Balaban J connectivity index is 1.94. The molecule has 0 saturated heterocycles. The van der Waals surface area contributed by atoms with Crippen LogP contribution in [0.15, 0.2) is 48.5 Å². The van der Waals surface area contributed by atoms with Gasteiger partial charge in [0.1, 0.15) is 5.75 Å². The summed E-state index contributed by atoms with van der Waals surface area (Å²) in [4.78, 5) is 11.8. The van der Waals surface area contributed by atoms with Crippen molar-refractivity contribution in [3.8, 4) is 5.75 Å². The lowest BCUT2D eigenvalue weighted by atomic mass is 10.1. The number of alkyl halides is 3. The largest absolute Gasteiger partial charge is 0.573 e. The summed E-state index contributed by atoms with van der Waals surface area (Å²) in [5.41, 5.74) is 1.11. The zero-order valence-corrected chi connectivity index (χ0v) is 11.9. The van der Waals surface area contributed by atoms with Crippen LogP contribution >= 0.6 is 11.6 Å². The Morgan fingerprint density at radius 3 is 2.41 bits per heavy atom. The summed E-state index contributed by atoms with van der Waals surface area (Å²) in [5.74, 6) is -0.646. The summed E-state index contributed by atoms with van der Waals surface area (Å²) in [7, 11) is 0. The molecule has 116 valence electrons. The zero-order chi connectivity index (χ0) is 16.2. The van der Waals surface area contributed by atoms with Gasteiger partial charge in [0.2, 0.25) is 5.91 Å². The van der Waals surface area contributed by atoms with Gasteiger partial charge < -0.3 is 10.1 Å². The average Bonchev–Trinajstić information content (AvgIpc) is 2.39. The van der Waals surface area contributed by atoms with Crippen LogP contribution < -0.4 is 10.1 Å². The molecule has 0 fully saturated rings. The van der Waals surface area contributed by atoms with Crippen LogP contribution in [0.3, 0.4) is 0 Å². The van der Waals surface area contributed by atoms with E-state index in [1.807, 2.05) is 0 Å². The SMILES string of the molecule is O=C(Cc1cccc(Cl)c1)Nc1ccc(OC(F)(F)F)cc1. The third-order valence-corrected chi connectivity index (χ3v) is 2.86. The van der Waals surface area contributed by atoms with Crippen molar-refractivity contribution in [2.75, 3.05) is 5.32 Å². The molecule has 0 radical (unpaired) electrons. The molecular weight excluding hydrogens is 319 g/mol. The smallest absolute Gasteiger partial charge is 0.406 e. The monoisotopic (exact) mass is 329 g/mol. The van der Waals surface area contributed by atoms with Gasteiger partial charge in [0.25, 0.3) is 0 Å². The molecule has 2 aromatic rings. The lowest BCUT2D eigenvalue weighted by Gasteiger charge is -2.10. The highest BCUT2D eigenvalue weighted by Gasteiger charge is 2.30. The van der Waals surface area contributed by atoms with Crippen LogP contribution in [-0.4, -0.2) is 12.3 Å². The number of carbonyl (C=O) groups excluding carboxylic acids is 1. The maximum absolute atomic E-state index is 12.0. The van der Waals surface area contributed by atoms with Gasteiger partial charge in [0.05, 0.1) is 6.42 Å². The highest BCUT2D eigenvalue weighted by Crippen LogP contribution is 2.24. The number of hydrogen-bond acceptors (Lipinski definition) is 2. The fourth-order valence-electron chi connectivity index (χ4n) is 1.78. The molecule has 0 aliphatic heterocycles. The average molecular weight is 330 g/mol. The first-order valence-corrected chi connectivity index (χ1v) is 6.60. The number of hydrogen-bond donors (Lipinski definition) is 1. The van der Waals surface area contributed by atoms with E-state index >= 15 is 0 Å². The summed E-state index contributed by atoms with van der Waals surface area (Å²) in [6, 6.07) is 11.8. The molecule has 0 bridgehead atoms. The Morgan fingerprint density at radius 2 is 1.82 bits per heavy atom. The van der Waals surface area contributed by atoms with Gasteiger partial charge in [-0.2, -0.15) is 0 Å². The van der Waals surface area contributed by atoms with Crippen molar-refractivity contribution >= 4 is 23.2 Å². The summed E-state index contributed by atoms with van der Waals surface area (Å²) < 4.78 is 39.8. The molecule has 1 N–H and O–H groups in total. The van der Waals surface area contributed by atoms with E-state index in [1.165, 1.54) is 12.1 Å². The minimum absolute atomic E-state index is 0.112. The van der Waals surface area contributed by atoms with Crippen molar-refractivity contribution in [3.05, 3.63) is 59.1 Å². The lowest BCUT2D eigenvalue weighted by molar-refractivity contribution is -0.274. The molecule has 2 aromatic carbocycles. The Kier molecular flexibility index (Phi) is 4.92. The lowest BCUT2D eigenvalue weighted by Crippen LogP contribution is -2.17. The standard InChI is InChI=1S/C15H11ClF3NO2/c16-11-3-1-2-10(8-11)9-14(21)20-12-4-6-13(7-5-12)22-15(17,18)19/h1-8H,9H2,(H,20,21). The van der Waals surface area contributed by atoms with Gasteiger partial charge in [0.15, 0.2) is 0 Å². The normalized spacial score (nSPS) is 11.1. The van der Waals surface area contributed by atoms with Crippen molar-refractivity contribution < 1.29 is 22.7 Å². The molecule has 22 heavy (non-hydrogen) atoms. The van der Waals surface area contributed by atoms with Crippen LogP contribution in [0.4, 0.5) is 18.9 Å². The van der Waals surface area contributed by atoms with Crippen LogP contribution in [0.5, 0.6) is 5.75 Å². The highest BCUT2D eigenvalue weighted by molar-refractivity contribution is 6.30. The minimum atomic E-state index is -4.74.